The topological polar surface area (TPSA) is 55.6 Å². The first-order valence-corrected chi connectivity index (χ1v) is 4.51. The Morgan fingerprint density at radius 3 is 2.64 bits per heavy atom. The van der Waals surface area contributed by atoms with E-state index in [1.165, 1.54) is 5.01 Å². The average Bonchev–Trinajstić information content (AvgIpc) is 2.02. The molecule has 2 N–H and O–H groups in total. The summed E-state index contributed by atoms with van der Waals surface area (Å²) in [7, 11) is 0. The number of rotatable bonds is 1. The molecule has 0 amide bonds. The smallest absolute Gasteiger partial charge is 0.338 e. The highest BCUT2D eigenvalue weighted by molar-refractivity contribution is 5.92. The maximum absolute atomic E-state index is 11.5. The fourth-order valence-corrected chi connectivity index (χ4v) is 0.997. The fraction of sp³-hybridized carbons (Fsp3) is 0.500. The van der Waals surface area contributed by atoms with Crippen LogP contribution in [0.1, 0.15) is 20.8 Å². The summed E-state index contributed by atoms with van der Waals surface area (Å²) in [4.78, 5) is 11.5. The largest absolute Gasteiger partial charge is 0.456 e. The molecule has 0 bridgehead atoms. The Labute approximate surface area is 84.0 Å². The Kier molecular flexibility index (Phi) is 2.96. The number of esters is 1. The van der Waals surface area contributed by atoms with Gasteiger partial charge in [0.15, 0.2) is 0 Å². The third-order valence-electron chi connectivity index (χ3n) is 1.60. The zero-order valence-corrected chi connectivity index (χ0v) is 8.78. The summed E-state index contributed by atoms with van der Waals surface area (Å²) in [5.41, 5.74) is 0.104. The molecule has 0 atom stereocenters. The minimum Gasteiger partial charge on any atom is -0.456 e. The van der Waals surface area contributed by atoms with E-state index in [1.54, 1.807) is 18.4 Å². The lowest BCUT2D eigenvalue weighted by Gasteiger charge is -2.21. The van der Waals surface area contributed by atoms with Crippen molar-refractivity contribution in [2.24, 2.45) is 5.84 Å². The van der Waals surface area contributed by atoms with Gasteiger partial charge in [-0.25, -0.2) is 10.6 Å². The molecule has 1 aliphatic rings. The molecule has 0 aromatic carbocycles. The maximum atomic E-state index is 11.5. The molecule has 4 heteroatoms. The summed E-state index contributed by atoms with van der Waals surface area (Å²) in [5.74, 6) is 5.17. The number of ether oxygens (including phenoxy) is 1. The minimum absolute atomic E-state index is 0.304. The third-order valence-corrected chi connectivity index (χ3v) is 1.60. The monoisotopic (exact) mass is 196 g/mol. The molecule has 0 saturated heterocycles. The van der Waals surface area contributed by atoms with Crippen LogP contribution in [0.25, 0.3) is 0 Å². The molecule has 0 fully saturated rings. The molecule has 4 nitrogen and oxygen atoms in total. The van der Waals surface area contributed by atoms with Crippen LogP contribution in [0.4, 0.5) is 0 Å². The van der Waals surface area contributed by atoms with Crippen LogP contribution in [-0.4, -0.2) is 23.1 Å². The van der Waals surface area contributed by atoms with E-state index >= 15 is 0 Å². The highest BCUT2D eigenvalue weighted by atomic mass is 16.6. The van der Waals surface area contributed by atoms with Gasteiger partial charge in [0.25, 0.3) is 0 Å². The zero-order chi connectivity index (χ0) is 10.8. The van der Waals surface area contributed by atoms with Crippen LogP contribution in [-0.2, 0) is 9.53 Å². The van der Waals surface area contributed by atoms with Crippen molar-refractivity contribution < 1.29 is 9.53 Å². The number of hydrogen-bond acceptors (Lipinski definition) is 4. The number of hydrogen-bond donors (Lipinski definition) is 1. The van der Waals surface area contributed by atoms with Crippen molar-refractivity contribution in [3.63, 3.8) is 0 Å². The maximum Gasteiger partial charge on any atom is 0.338 e. The van der Waals surface area contributed by atoms with Crippen LogP contribution in [0, 0.1) is 0 Å². The molecule has 1 heterocycles. The van der Waals surface area contributed by atoms with Crippen molar-refractivity contribution in [2.45, 2.75) is 26.4 Å². The summed E-state index contributed by atoms with van der Waals surface area (Å²) in [5, 5.41) is 1.49. The number of carbonyl (C=O) groups excluding carboxylic acids is 1. The van der Waals surface area contributed by atoms with E-state index in [9.17, 15) is 4.79 Å². The van der Waals surface area contributed by atoms with E-state index in [4.69, 9.17) is 10.6 Å². The molecule has 0 radical (unpaired) electrons. The van der Waals surface area contributed by atoms with Gasteiger partial charge in [-0.1, -0.05) is 0 Å². The Hall–Kier alpha value is -1.29. The van der Waals surface area contributed by atoms with Crippen LogP contribution in [0.3, 0.4) is 0 Å². The first-order valence-electron chi connectivity index (χ1n) is 4.51. The van der Waals surface area contributed by atoms with E-state index in [2.05, 4.69) is 0 Å². The lowest BCUT2D eigenvalue weighted by atomic mass is 10.1. The van der Waals surface area contributed by atoms with Crippen molar-refractivity contribution in [1.29, 1.82) is 0 Å². The lowest BCUT2D eigenvalue weighted by molar-refractivity contribution is -0.149. The van der Waals surface area contributed by atoms with Crippen molar-refractivity contribution in [2.75, 3.05) is 6.54 Å². The molecule has 1 rings (SSSR count). The van der Waals surface area contributed by atoms with Gasteiger partial charge in [0.1, 0.15) is 5.60 Å². The highest BCUT2D eigenvalue weighted by Crippen LogP contribution is 2.13. The minimum atomic E-state index is -0.453. The zero-order valence-electron chi connectivity index (χ0n) is 8.78. The van der Waals surface area contributed by atoms with Gasteiger partial charge in [0, 0.05) is 6.20 Å². The molecule has 0 saturated carbocycles. The van der Waals surface area contributed by atoms with Gasteiger partial charge in [-0.2, -0.15) is 0 Å². The SMILES string of the molecule is CC(C)(C)OC(=O)C1=CCN(N)C=C1. The van der Waals surface area contributed by atoms with E-state index in [0.717, 1.165) is 0 Å². The molecule has 0 spiro atoms. The second-order valence-corrected chi connectivity index (χ2v) is 4.17. The van der Waals surface area contributed by atoms with Gasteiger partial charge in [0.05, 0.1) is 12.1 Å². The van der Waals surface area contributed by atoms with E-state index in [0.29, 0.717) is 12.1 Å². The van der Waals surface area contributed by atoms with E-state index < -0.39 is 5.60 Å². The molecule has 0 aliphatic carbocycles. The molecular weight excluding hydrogens is 180 g/mol. The van der Waals surface area contributed by atoms with Crippen LogP contribution in [0.2, 0.25) is 0 Å². The summed E-state index contributed by atoms with van der Waals surface area (Å²) >= 11 is 0. The first kappa shape index (κ1) is 10.8. The molecule has 78 valence electrons. The van der Waals surface area contributed by atoms with Gasteiger partial charge in [0.2, 0.25) is 0 Å². The first-order chi connectivity index (χ1) is 6.38. The Morgan fingerprint density at radius 1 is 1.57 bits per heavy atom. The summed E-state index contributed by atoms with van der Waals surface area (Å²) < 4.78 is 5.19. The second kappa shape index (κ2) is 3.84. The average molecular weight is 196 g/mol. The Morgan fingerprint density at radius 2 is 2.21 bits per heavy atom. The molecule has 1 aliphatic heterocycles. The van der Waals surface area contributed by atoms with Crippen molar-refractivity contribution >= 4 is 5.97 Å². The number of nitrogens with two attached hydrogens (primary N) is 1. The molecule has 0 aromatic heterocycles. The quantitative estimate of drug-likeness (QED) is 0.501. The van der Waals surface area contributed by atoms with Crippen molar-refractivity contribution in [1.82, 2.24) is 5.01 Å². The van der Waals surface area contributed by atoms with E-state index in [1.807, 2.05) is 20.8 Å². The second-order valence-electron chi connectivity index (χ2n) is 4.17. The molecule has 0 unspecified atom stereocenters. The number of hydrazine groups is 1. The van der Waals surface area contributed by atoms with Gasteiger partial charge in [-0.3, -0.25) is 0 Å². The molecular formula is C10H16N2O2. The standard InChI is InChI=1S/C10H16N2O2/c1-10(2,3)14-9(13)8-4-6-12(11)7-5-8/h4-6H,7,11H2,1-3H3. The Balaban J connectivity index is 2.59. The predicted octanol–water partition coefficient (Wildman–Crippen LogP) is 0.958. The van der Waals surface area contributed by atoms with Crippen molar-refractivity contribution in [3.05, 3.63) is 23.9 Å². The van der Waals surface area contributed by atoms with Gasteiger partial charge in [-0.15, -0.1) is 0 Å². The molecule has 0 aromatic rings. The van der Waals surface area contributed by atoms with Gasteiger partial charge < -0.3 is 9.75 Å². The van der Waals surface area contributed by atoms with Gasteiger partial charge in [-0.05, 0) is 32.9 Å². The van der Waals surface area contributed by atoms with E-state index in [-0.39, 0.29) is 5.97 Å². The Bertz CT molecular complexity index is 287. The highest BCUT2D eigenvalue weighted by Gasteiger charge is 2.19. The third kappa shape index (κ3) is 3.22. The van der Waals surface area contributed by atoms with Crippen molar-refractivity contribution in [3.8, 4) is 0 Å². The summed E-state index contributed by atoms with van der Waals surface area (Å²) in [6, 6.07) is 0. The normalized spacial score (nSPS) is 16.6. The summed E-state index contributed by atoms with van der Waals surface area (Å²) in [6.45, 7) is 6.05. The summed E-state index contributed by atoms with van der Waals surface area (Å²) in [6.07, 6.45) is 5.05. The van der Waals surface area contributed by atoms with Gasteiger partial charge >= 0.3 is 5.97 Å². The predicted molar refractivity (Wildman–Crippen MR) is 54.0 cm³/mol. The number of nitrogens with zero attached hydrogens (tertiary/aromatic N) is 1. The van der Waals surface area contributed by atoms with Crippen LogP contribution in [0.5, 0.6) is 0 Å². The lowest BCUT2D eigenvalue weighted by Crippen LogP contribution is -2.29. The fourth-order valence-electron chi connectivity index (χ4n) is 0.997. The van der Waals surface area contributed by atoms with Crippen LogP contribution < -0.4 is 5.84 Å². The number of carbonyl (C=O) groups is 1. The van der Waals surface area contributed by atoms with Crippen LogP contribution >= 0.6 is 0 Å². The van der Waals surface area contributed by atoms with Crippen LogP contribution in [0.15, 0.2) is 23.9 Å². The molecule has 14 heavy (non-hydrogen) atoms.